The van der Waals surface area contributed by atoms with Crippen LogP contribution < -0.4 is 5.53 Å². The Bertz CT molecular complexity index is 253. The molecule has 51 valence electrons. The van der Waals surface area contributed by atoms with Gasteiger partial charge >= 0.3 is 0 Å². The van der Waals surface area contributed by atoms with Crippen LogP contribution in [-0.4, -0.2) is 0 Å². The molecule has 0 amide bonds. The Kier molecular flexibility index (Phi) is 1.81. The van der Waals surface area contributed by atoms with Crippen molar-refractivity contribution in [2.45, 2.75) is 13.8 Å². The topological polar surface area (TPSA) is 34.7 Å². The summed E-state index contributed by atoms with van der Waals surface area (Å²) in [6, 6.07) is 5.64. The fourth-order valence-electron chi connectivity index (χ4n) is 0.844. The Labute approximate surface area is 60.4 Å². The molecular weight excluding hydrogens is 124 g/mol. The van der Waals surface area contributed by atoms with E-state index in [0.717, 1.165) is 11.1 Å². The maximum Gasteiger partial charge on any atom is 0.0907 e. The molecule has 0 unspecified atom stereocenters. The first-order chi connectivity index (χ1) is 4.75. The van der Waals surface area contributed by atoms with E-state index in [2.05, 4.69) is 5.11 Å². The molecule has 0 bridgehead atoms. The molecule has 0 saturated carbocycles. The zero-order valence-corrected chi connectivity index (χ0v) is 6.13. The SMILES string of the molecule is Cc1cccc(N=[N])c1C. The monoisotopic (exact) mass is 133 g/mol. The summed E-state index contributed by atoms with van der Waals surface area (Å²) in [6.07, 6.45) is 0. The smallest absolute Gasteiger partial charge is 0.0907 e. The third-order valence-corrected chi connectivity index (χ3v) is 1.68. The minimum atomic E-state index is 0.653. The van der Waals surface area contributed by atoms with Gasteiger partial charge in [-0.25, -0.2) is 0 Å². The van der Waals surface area contributed by atoms with Crippen molar-refractivity contribution >= 4 is 5.69 Å². The molecule has 0 aliphatic carbocycles. The van der Waals surface area contributed by atoms with Crippen LogP contribution in [0.2, 0.25) is 0 Å². The Morgan fingerprint density at radius 1 is 1.30 bits per heavy atom. The number of rotatable bonds is 1. The lowest BCUT2D eigenvalue weighted by atomic mass is 10.1. The highest BCUT2D eigenvalue weighted by molar-refractivity contribution is 5.48. The van der Waals surface area contributed by atoms with Gasteiger partial charge in [0, 0.05) is 0 Å². The predicted octanol–water partition coefficient (Wildman–Crippen LogP) is 2.19. The maximum absolute atomic E-state index is 8.47. The number of nitrogens with zero attached hydrogens (tertiary/aromatic N) is 2. The molecule has 0 spiro atoms. The van der Waals surface area contributed by atoms with Crippen LogP contribution in [0, 0.1) is 13.8 Å². The molecule has 0 aliphatic rings. The van der Waals surface area contributed by atoms with Crippen molar-refractivity contribution in [3.05, 3.63) is 29.3 Å². The summed E-state index contributed by atoms with van der Waals surface area (Å²) >= 11 is 0. The van der Waals surface area contributed by atoms with Crippen molar-refractivity contribution in [2.75, 3.05) is 0 Å². The molecule has 0 saturated heterocycles. The van der Waals surface area contributed by atoms with Gasteiger partial charge in [0.2, 0.25) is 0 Å². The van der Waals surface area contributed by atoms with Gasteiger partial charge in [0.15, 0.2) is 0 Å². The summed E-state index contributed by atoms with van der Waals surface area (Å²) in [4.78, 5) is 0. The highest BCUT2D eigenvalue weighted by atomic mass is 15.0. The van der Waals surface area contributed by atoms with Crippen LogP contribution in [0.3, 0.4) is 0 Å². The summed E-state index contributed by atoms with van der Waals surface area (Å²) in [5, 5.41) is 3.13. The van der Waals surface area contributed by atoms with Crippen LogP contribution >= 0.6 is 0 Å². The first-order valence-electron chi connectivity index (χ1n) is 3.17. The zero-order valence-electron chi connectivity index (χ0n) is 6.13. The van der Waals surface area contributed by atoms with Gasteiger partial charge in [-0.05, 0) is 36.6 Å². The van der Waals surface area contributed by atoms with E-state index < -0.39 is 0 Å². The molecule has 1 radical (unpaired) electrons. The largest absolute Gasteiger partial charge is 0.129 e. The van der Waals surface area contributed by atoms with E-state index in [1.165, 1.54) is 0 Å². The average molecular weight is 133 g/mol. The number of hydrogen-bond donors (Lipinski definition) is 0. The number of aryl methyl sites for hydroxylation is 1. The highest BCUT2D eigenvalue weighted by Crippen LogP contribution is 2.19. The lowest BCUT2D eigenvalue weighted by molar-refractivity contribution is 1.23. The molecule has 1 rings (SSSR count). The Morgan fingerprint density at radius 2 is 2.00 bits per heavy atom. The van der Waals surface area contributed by atoms with Crippen molar-refractivity contribution in [1.29, 1.82) is 0 Å². The summed E-state index contributed by atoms with van der Waals surface area (Å²) in [5.74, 6) is 0. The van der Waals surface area contributed by atoms with E-state index in [1.54, 1.807) is 6.07 Å². The van der Waals surface area contributed by atoms with Gasteiger partial charge in [-0.15, -0.1) is 5.11 Å². The van der Waals surface area contributed by atoms with Crippen LogP contribution in [0.5, 0.6) is 0 Å². The van der Waals surface area contributed by atoms with Crippen LogP contribution in [-0.2, 0) is 0 Å². The van der Waals surface area contributed by atoms with E-state index in [4.69, 9.17) is 5.53 Å². The van der Waals surface area contributed by atoms with Gasteiger partial charge in [0.1, 0.15) is 0 Å². The van der Waals surface area contributed by atoms with E-state index in [-0.39, 0.29) is 0 Å². The summed E-state index contributed by atoms with van der Waals surface area (Å²) < 4.78 is 0. The van der Waals surface area contributed by atoms with Gasteiger partial charge in [0.05, 0.1) is 5.69 Å². The molecule has 2 nitrogen and oxygen atoms in total. The summed E-state index contributed by atoms with van der Waals surface area (Å²) in [7, 11) is 0. The van der Waals surface area contributed by atoms with E-state index >= 15 is 0 Å². The molecule has 1 aromatic rings. The normalized spacial score (nSPS) is 9.40. The van der Waals surface area contributed by atoms with Gasteiger partial charge in [0.25, 0.3) is 0 Å². The third kappa shape index (κ3) is 1.05. The molecule has 0 aromatic heterocycles. The second-order valence-electron chi connectivity index (χ2n) is 2.32. The second kappa shape index (κ2) is 2.60. The molecule has 0 aliphatic heterocycles. The van der Waals surface area contributed by atoms with E-state index in [0.29, 0.717) is 5.69 Å². The first-order valence-corrected chi connectivity index (χ1v) is 3.17. The predicted molar refractivity (Wildman–Crippen MR) is 40.1 cm³/mol. The average Bonchev–Trinajstić information content (AvgIpc) is 1.95. The second-order valence-corrected chi connectivity index (χ2v) is 2.32. The Hall–Kier alpha value is -1.18. The number of hydrogen-bond acceptors (Lipinski definition) is 1. The van der Waals surface area contributed by atoms with Crippen LogP contribution in [0.1, 0.15) is 11.1 Å². The quantitative estimate of drug-likeness (QED) is 0.526. The van der Waals surface area contributed by atoms with E-state index in [9.17, 15) is 0 Å². The van der Waals surface area contributed by atoms with E-state index in [1.807, 2.05) is 26.0 Å². The van der Waals surface area contributed by atoms with Crippen molar-refractivity contribution in [3.8, 4) is 0 Å². The van der Waals surface area contributed by atoms with Crippen molar-refractivity contribution in [1.82, 2.24) is 5.53 Å². The van der Waals surface area contributed by atoms with Gasteiger partial charge in [-0.2, -0.15) is 0 Å². The minimum Gasteiger partial charge on any atom is -0.129 e. The van der Waals surface area contributed by atoms with Gasteiger partial charge < -0.3 is 0 Å². The summed E-state index contributed by atoms with van der Waals surface area (Å²) in [6.45, 7) is 3.92. The summed E-state index contributed by atoms with van der Waals surface area (Å²) in [5.41, 5.74) is 11.3. The molecule has 0 fully saturated rings. The van der Waals surface area contributed by atoms with Gasteiger partial charge in [-0.3, -0.25) is 0 Å². The van der Waals surface area contributed by atoms with Crippen LogP contribution in [0.25, 0.3) is 0 Å². The zero-order chi connectivity index (χ0) is 7.56. The molecule has 10 heavy (non-hydrogen) atoms. The molecule has 2 heteroatoms. The molecule has 0 atom stereocenters. The Morgan fingerprint density at radius 3 is 2.50 bits per heavy atom. The standard InChI is InChI=1S/C8H9N2/c1-6-4-3-5-8(10-9)7(6)2/h3-5H,1-2H3. The molecule has 0 heterocycles. The van der Waals surface area contributed by atoms with Crippen molar-refractivity contribution in [2.24, 2.45) is 5.11 Å². The maximum atomic E-state index is 8.47. The fraction of sp³-hybridized carbons (Fsp3) is 0.250. The van der Waals surface area contributed by atoms with Crippen LogP contribution in [0.4, 0.5) is 5.69 Å². The molecule has 1 aromatic carbocycles. The fourth-order valence-corrected chi connectivity index (χ4v) is 0.844. The molecule has 0 N–H and O–H groups in total. The minimum absolute atomic E-state index is 0.653. The number of benzene rings is 1. The third-order valence-electron chi connectivity index (χ3n) is 1.68. The van der Waals surface area contributed by atoms with Crippen LogP contribution in [0.15, 0.2) is 23.3 Å². The Balaban J connectivity index is 3.27. The van der Waals surface area contributed by atoms with Crippen molar-refractivity contribution in [3.63, 3.8) is 0 Å². The first kappa shape index (κ1) is 6.93. The lowest BCUT2D eigenvalue weighted by Crippen LogP contribution is -1.78. The lowest BCUT2D eigenvalue weighted by Gasteiger charge is -1.99. The molecular formula is C8H9N2. The highest BCUT2D eigenvalue weighted by Gasteiger charge is 1.96. The van der Waals surface area contributed by atoms with Crippen molar-refractivity contribution < 1.29 is 0 Å². The van der Waals surface area contributed by atoms with Gasteiger partial charge in [-0.1, -0.05) is 12.1 Å².